The molecule has 2 N–H and O–H groups in total. The summed E-state index contributed by atoms with van der Waals surface area (Å²) in [6.45, 7) is 0.532. The van der Waals surface area contributed by atoms with E-state index in [1.165, 1.54) is 11.8 Å². The average molecular weight is 310 g/mol. The molecule has 1 aliphatic carbocycles. The summed E-state index contributed by atoms with van der Waals surface area (Å²) in [6.07, 6.45) is 0.629. The van der Waals surface area contributed by atoms with Gasteiger partial charge in [0.2, 0.25) is 5.06 Å². The minimum absolute atomic E-state index is 0.180. The van der Waals surface area contributed by atoms with Gasteiger partial charge in [0.15, 0.2) is 0 Å². The molecule has 4 rings (SSSR count). The fourth-order valence-electron chi connectivity index (χ4n) is 4.05. The highest BCUT2D eigenvalue weighted by Gasteiger charge is 2.92. The minimum atomic E-state index is -1.02. The van der Waals surface area contributed by atoms with Crippen LogP contribution >= 0.6 is 11.8 Å². The Bertz CT molecular complexity index is 744. The Kier molecular flexibility index (Phi) is 2.64. The highest BCUT2D eigenvalue weighted by Crippen LogP contribution is 2.81. The Morgan fingerprint density at radius 2 is 2.09 bits per heavy atom. The number of ether oxygens (including phenoxy) is 1. The fourth-order valence-corrected chi connectivity index (χ4v) is 5.40. The van der Waals surface area contributed by atoms with Crippen molar-refractivity contribution in [3.8, 4) is 12.1 Å². The third-order valence-corrected chi connectivity index (χ3v) is 6.36. The second-order valence-electron chi connectivity index (χ2n) is 5.86. The van der Waals surface area contributed by atoms with Crippen LogP contribution in [0.3, 0.4) is 0 Å². The molecule has 0 unspecified atom stereocenters. The normalized spacial score (nSPS) is 41.5. The molecule has 110 valence electrons. The van der Waals surface area contributed by atoms with Crippen LogP contribution in [0.2, 0.25) is 0 Å². The van der Waals surface area contributed by atoms with E-state index >= 15 is 0 Å². The summed E-state index contributed by atoms with van der Waals surface area (Å²) in [6, 6.07) is 14.6. The van der Waals surface area contributed by atoms with Gasteiger partial charge in [-0.1, -0.05) is 42.1 Å². The summed E-state index contributed by atoms with van der Waals surface area (Å²) in [4.78, 5) is 4.42. The maximum absolute atomic E-state index is 9.93. The van der Waals surface area contributed by atoms with Crippen LogP contribution in [0.4, 0.5) is 0 Å². The Morgan fingerprint density at radius 3 is 2.68 bits per heavy atom. The molecule has 1 aromatic rings. The smallest absolute Gasteiger partial charge is 0.230 e. The van der Waals surface area contributed by atoms with Gasteiger partial charge in [0, 0.05) is 11.7 Å². The average Bonchev–Trinajstić information content (AvgIpc) is 2.81. The van der Waals surface area contributed by atoms with E-state index in [4.69, 9.17) is 10.5 Å². The first-order valence-corrected chi connectivity index (χ1v) is 8.15. The third kappa shape index (κ3) is 1.27. The van der Waals surface area contributed by atoms with Crippen LogP contribution in [0.5, 0.6) is 0 Å². The van der Waals surface area contributed by atoms with E-state index in [-0.39, 0.29) is 11.8 Å². The van der Waals surface area contributed by atoms with Gasteiger partial charge in [-0.25, -0.2) is 4.99 Å². The largest absolute Gasteiger partial charge is 0.386 e. The van der Waals surface area contributed by atoms with Gasteiger partial charge in [0.1, 0.15) is 16.7 Å². The molecule has 0 aromatic heterocycles. The van der Waals surface area contributed by atoms with Gasteiger partial charge in [0.25, 0.3) is 0 Å². The second kappa shape index (κ2) is 4.25. The van der Waals surface area contributed by atoms with E-state index in [0.717, 1.165) is 11.3 Å². The van der Waals surface area contributed by atoms with Crippen molar-refractivity contribution >= 4 is 17.6 Å². The van der Waals surface area contributed by atoms with E-state index in [0.29, 0.717) is 13.0 Å². The van der Waals surface area contributed by atoms with Crippen LogP contribution in [0.15, 0.2) is 35.3 Å². The van der Waals surface area contributed by atoms with Gasteiger partial charge in [-0.05, 0) is 12.0 Å². The highest BCUT2D eigenvalue weighted by molar-refractivity contribution is 8.00. The van der Waals surface area contributed by atoms with E-state index in [1.807, 2.05) is 30.3 Å². The van der Waals surface area contributed by atoms with Crippen molar-refractivity contribution < 1.29 is 4.74 Å². The van der Waals surface area contributed by atoms with Crippen LogP contribution in [0.25, 0.3) is 0 Å². The number of nitriles is 2. The summed E-state index contributed by atoms with van der Waals surface area (Å²) in [5.74, 6) is 0.840. The molecular formula is C16H14N4OS. The van der Waals surface area contributed by atoms with E-state index in [9.17, 15) is 10.5 Å². The van der Waals surface area contributed by atoms with Gasteiger partial charge >= 0.3 is 0 Å². The first-order valence-electron chi connectivity index (χ1n) is 7.17. The van der Waals surface area contributed by atoms with Crippen LogP contribution < -0.4 is 5.73 Å². The Balaban J connectivity index is 1.80. The third-order valence-electron chi connectivity index (χ3n) is 5.07. The summed E-state index contributed by atoms with van der Waals surface area (Å²) < 4.78 is 5.84. The van der Waals surface area contributed by atoms with E-state index in [2.05, 4.69) is 17.1 Å². The monoisotopic (exact) mass is 310 g/mol. The number of fused-ring (bicyclic) bond motifs is 2. The number of hydrogen-bond acceptors (Lipinski definition) is 6. The predicted molar refractivity (Wildman–Crippen MR) is 82.5 cm³/mol. The van der Waals surface area contributed by atoms with Crippen molar-refractivity contribution in [1.29, 1.82) is 10.5 Å². The molecule has 2 fully saturated rings. The first kappa shape index (κ1) is 13.6. The SMILES string of the molecule is N#C[C@@]12[C@@H](Cc3ccccc3)[C@@]1(C#N)C(N)=N[C@]21OCCS1. The highest BCUT2D eigenvalue weighted by atomic mass is 32.2. The number of nitrogens with two attached hydrogens (primary N) is 1. The fraction of sp³-hybridized carbons (Fsp3) is 0.438. The zero-order chi connectivity index (χ0) is 15.4. The summed E-state index contributed by atoms with van der Waals surface area (Å²) >= 11 is 1.49. The Labute approximate surface area is 132 Å². The molecular weight excluding hydrogens is 296 g/mol. The molecule has 5 nitrogen and oxygen atoms in total. The topological polar surface area (TPSA) is 95.2 Å². The van der Waals surface area contributed by atoms with Crippen LogP contribution in [0, 0.1) is 39.4 Å². The van der Waals surface area contributed by atoms with Gasteiger partial charge in [0.05, 0.1) is 18.7 Å². The van der Waals surface area contributed by atoms with Gasteiger partial charge in [-0.15, -0.1) is 0 Å². The van der Waals surface area contributed by atoms with Crippen LogP contribution in [-0.4, -0.2) is 23.3 Å². The quantitative estimate of drug-likeness (QED) is 0.896. The molecule has 1 spiro atoms. The molecule has 2 heterocycles. The molecule has 0 amide bonds. The predicted octanol–water partition coefficient (Wildman–Crippen LogP) is 1.67. The standard InChI is InChI=1S/C16H14N4OS/c17-9-14-12(8-11-4-2-1-3-5-11)15(14,10-18)16(20-13(14)19)21-6-7-22-16/h1-5,12H,6-8H2,(H2,19,20)/t12-,14-,15+,16-/m0/s1. The van der Waals surface area contributed by atoms with Crippen LogP contribution in [-0.2, 0) is 11.2 Å². The lowest BCUT2D eigenvalue weighted by Crippen LogP contribution is -2.34. The lowest BCUT2D eigenvalue weighted by atomic mass is 9.95. The maximum atomic E-state index is 9.93. The van der Waals surface area contributed by atoms with Crippen molar-refractivity contribution in [2.24, 2.45) is 27.5 Å². The van der Waals surface area contributed by atoms with E-state index in [1.54, 1.807) is 0 Å². The second-order valence-corrected chi connectivity index (χ2v) is 7.11. The Morgan fingerprint density at radius 1 is 1.32 bits per heavy atom. The zero-order valence-corrected chi connectivity index (χ0v) is 12.6. The van der Waals surface area contributed by atoms with Crippen molar-refractivity contribution in [3.63, 3.8) is 0 Å². The van der Waals surface area contributed by atoms with Crippen molar-refractivity contribution in [2.45, 2.75) is 11.5 Å². The zero-order valence-electron chi connectivity index (χ0n) is 11.8. The number of thioether (sulfide) groups is 1. The summed E-state index contributed by atoms with van der Waals surface area (Å²) in [5.41, 5.74) is 5.21. The number of rotatable bonds is 2. The van der Waals surface area contributed by atoms with Crippen molar-refractivity contribution in [1.82, 2.24) is 0 Å². The first-order chi connectivity index (χ1) is 10.7. The number of nitrogens with zero attached hydrogens (tertiary/aromatic N) is 3. The van der Waals surface area contributed by atoms with Crippen LogP contribution in [0.1, 0.15) is 5.56 Å². The molecule has 1 saturated carbocycles. The van der Waals surface area contributed by atoms with Crippen molar-refractivity contribution in [2.75, 3.05) is 12.4 Å². The number of benzene rings is 1. The molecule has 4 atom stereocenters. The maximum Gasteiger partial charge on any atom is 0.230 e. The van der Waals surface area contributed by atoms with Crippen molar-refractivity contribution in [3.05, 3.63) is 35.9 Å². The van der Waals surface area contributed by atoms with Gasteiger partial charge < -0.3 is 10.5 Å². The summed E-state index contributed by atoms with van der Waals surface area (Å²) in [7, 11) is 0. The molecule has 3 aliphatic rings. The minimum Gasteiger partial charge on any atom is -0.386 e. The number of amidine groups is 1. The van der Waals surface area contributed by atoms with Gasteiger partial charge in [-0.3, -0.25) is 0 Å². The lowest BCUT2D eigenvalue weighted by molar-refractivity contribution is 0.0168. The number of hydrogen-bond donors (Lipinski definition) is 1. The molecule has 22 heavy (non-hydrogen) atoms. The molecule has 2 aliphatic heterocycles. The number of aliphatic imine (C=N–C) groups is 1. The molecule has 0 bridgehead atoms. The molecule has 6 heteroatoms. The Hall–Kier alpha value is -2.02. The lowest BCUT2D eigenvalue weighted by Gasteiger charge is -2.26. The molecule has 1 aromatic carbocycles. The van der Waals surface area contributed by atoms with Gasteiger partial charge in [-0.2, -0.15) is 10.5 Å². The molecule has 1 saturated heterocycles. The summed E-state index contributed by atoms with van der Waals surface area (Å²) in [5, 5.41) is 18.7. The molecule has 0 radical (unpaired) electrons. The van der Waals surface area contributed by atoms with E-state index < -0.39 is 15.9 Å².